The molecule has 10 heteroatoms. The standard InChI is InChI=1S/C16H22BN5O4/c1-4-26-15(23)14-12-9-21(6-5-13(12)22(20-14)10(2)3)16-18-7-11(8-19-16)17(24)25/h7-8,10,24-25H,4-6,9H2,1-3H3. The summed E-state index contributed by atoms with van der Waals surface area (Å²) in [6.45, 7) is 7.22. The van der Waals surface area contributed by atoms with Gasteiger partial charge in [-0.2, -0.15) is 5.10 Å². The van der Waals surface area contributed by atoms with Gasteiger partial charge in [0.05, 0.1) is 13.2 Å². The predicted octanol–water partition coefficient (Wildman–Crippen LogP) is -0.327. The second-order valence-electron chi connectivity index (χ2n) is 6.39. The minimum Gasteiger partial charge on any atom is -0.461 e. The van der Waals surface area contributed by atoms with Gasteiger partial charge in [-0.25, -0.2) is 14.8 Å². The zero-order valence-electron chi connectivity index (χ0n) is 15.1. The molecule has 0 aromatic carbocycles. The highest BCUT2D eigenvalue weighted by Gasteiger charge is 2.30. The third kappa shape index (κ3) is 3.42. The van der Waals surface area contributed by atoms with Gasteiger partial charge < -0.3 is 19.7 Å². The minimum absolute atomic E-state index is 0.139. The van der Waals surface area contributed by atoms with E-state index in [1.165, 1.54) is 12.4 Å². The molecule has 2 N–H and O–H groups in total. The molecule has 0 bridgehead atoms. The fourth-order valence-electron chi connectivity index (χ4n) is 3.03. The van der Waals surface area contributed by atoms with Crippen molar-refractivity contribution in [1.82, 2.24) is 19.7 Å². The maximum Gasteiger partial charge on any atom is 0.491 e. The van der Waals surface area contributed by atoms with E-state index in [1.54, 1.807) is 6.92 Å². The third-order valence-corrected chi connectivity index (χ3v) is 4.28. The summed E-state index contributed by atoms with van der Waals surface area (Å²) in [4.78, 5) is 22.6. The molecule has 26 heavy (non-hydrogen) atoms. The van der Waals surface area contributed by atoms with Crippen LogP contribution in [-0.4, -0.2) is 56.0 Å². The van der Waals surface area contributed by atoms with Crippen LogP contribution in [0.15, 0.2) is 12.4 Å². The number of carbonyl (C=O) groups excluding carboxylic acids is 1. The van der Waals surface area contributed by atoms with Crippen molar-refractivity contribution < 1.29 is 19.6 Å². The fourth-order valence-corrected chi connectivity index (χ4v) is 3.03. The molecule has 3 rings (SSSR count). The number of rotatable bonds is 5. The van der Waals surface area contributed by atoms with Gasteiger partial charge >= 0.3 is 13.1 Å². The molecule has 2 aromatic heterocycles. The number of anilines is 1. The summed E-state index contributed by atoms with van der Waals surface area (Å²) in [5.74, 6) is 0.0387. The maximum atomic E-state index is 12.3. The highest BCUT2D eigenvalue weighted by molar-refractivity contribution is 6.58. The van der Waals surface area contributed by atoms with Crippen LogP contribution in [0.5, 0.6) is 0 Å². The van der Waals surface area contributed by atoms with Gasteiger partial charge in [0.15, 0.2) is 5.69 Å². The van der Waals surface area contributed by atoms with Crippen molar-refractivity contribution in [2.75, 3.05) is 18.1 Å². The summed E-state index contributed by atoms with van der Waals surface area (Å²) in [6, 6.07) is 0.139. The molecule has 0 aliphatic carbocycles. The monoisotopic (exact) mass is 359 g/mol. The van der Waals surface area contributed by atoms with E-state index in [1.807, 2.05) is 23.4 Å². The Hall–Kier alpha value is -2.46. The van der Waals surface area contributed by atoms with Crippen LogP contribution < -0.4 is 10.4 Å². The highest BCUT2D eigenvalue weighted by Crippen LogP contribution is 2.27. The molecule has 0 fully saturated rings. The van der Waals surface area contributed by atoms with E-state index in [0.717, 1.165) is 11.3 Å². The Morgan fingerprint density at radius 1 is 1.35 bits per heavy atom. The first kappa shape index (κ1) is 18.3. The number of ether oxygens (including phenoxy) is 1. The van der Waals surface area contributed by atoms with Gasteiger partial charge in [-0.15, -0.1) is 0 Å². The van der Waals surface area contributed by atoms with E-state index in [-0.39, 0.29) is 11.5 Å². The summed E-state index contributed by atoms with van der Waals surface area (Å²) < 4.78 is 7.03. The molecular formula is C16H22BN5O4. The molecule has 1 aliphatic rings. The fraction of sp³-hybridized carbons (Fsp3) is 0.500. The Morgan fingerprint density at radius 3 is 2.62 bits per heavy atom. The summed E-state index contributed by atoms with van der Waals surface area (Å²) >= 11 is 0. The number of esters is 1. The van der Waals surface area contributed by atoms with Gasteiger partial charge in [-0.3, -0.25) is 4.68 Å². The second-order valence-corrected chi connectivity index (χ2v) is 6.39. The first-order valence-corrected chi connectivity index (χ1v) is 8.62. The Bertz CT molecular complexity index is 791. The first-order chi connectivity index (χ1) is 12.4. The average Bonchev–Trinajstić information content (AvgIpc) is 3.01. The zero-order chi connectivity index (χ0) is 18.8. The molecular weight excluding hydrogens is 337 g/mol. The second kappa shape index (κ2) is 7.42. The molecule has 3 heterocycles. The molecule has 138 valence electrons. The van der Waals surface area contributed by atoms with Crippen molar-refractivity contribution in [3.05, 3.63) is 29.3 Å². The van der Waals surface area contributed by atoms with E-state index < -0.39 is 13.1 Å². The van der Waals surface area contributed by atoms with Gasteiger partial charge in [-0.1, -0.05) is 0 Å². The van der Waals surface area contributed by atoms with E-state index in [9.17, 15) is 4.79 Å². The van der Waals surface area contributed by atoms with Gasteiger partial charge in [0.25, 0.3) is 0 Å². The van der Waals surface area contributed by atoms with E-state index >= 15 is 0 Å². The van der Waals surface area contributed by atoms with Crippen molar-refractivity contribution >= 4 is 24.5 Å². The van der Waals surface area contributed by atoms with Crippen LogP contribution >= 0.6 is 0 Å². The van der Waals surface area contributed by atoms with Crippen molar-refractivity contribution in [2.24, 2.45) is 0 Å². The number of aromatic nitrogens is 4. The Labute approximate surface area is 151 Å². The normalized spacial score (nSPS) is 13.7. The number of nitrogens with zero attached hydrogens (tertiary/aromatic N) is 5. The lowest BCUT2D eigenvalue weighted by atomic mass is 9.83. The topological polar surface area (TPSA) is 114 Å². The van der Waals surface area contributed by atoms with Crippen LogP contribution in [0.4, 0.5) is 5.95 Å². The minimum atomic E-state index is -1.60. The number of fused-ring (bicyclic) bond motifs is 1. The smallest absolute Gasteiger partial charge is 0.461 e. The van der Waals surface area contributed by atoms with Crippen LogP contribution in [0.25, 0.3) is 0 Å². The molecule has 0 spiro atoms. The first-order valence-electron chi connectivity index (χ1n) is 8.62. The molecule has 0 radical (unpaired) electrons. The van der Waals surface area contributed by atoms with Gasteiger partial charge in [-0.05, 0) is 20.8 Å². The van der Waals surface area contributed by atoms with E-state index in [4.69, 9.17) is 14.8 Å². The maximum absolute atomic E-state index is 12.3. The summed E-state index contributed by atoms with van der Waals surface area (Å²) in [7, 11) is -1.60. The average molecular weight is 359 g/mol. The van der Waals surface area contributed by atoms with Crippen molar-refractivity contribution in [2.45, 2.75) is 39.8 Å². The van der Waals surface area contributed by atoms with Crippen LogP contribution in [-0.2, 0) is 17.7 Å². The molecule has 0 saturated heterocycles. The molecule has 0 saturated carbocycles. The zero-order valence-corrected chi connectivity index (χ0v) is 15.1. The molecule has 0 amide bonds. The lowest BCUT2D eigenvalue weighted by Crippen LogP contribution is -2.35. The van der Waals surface area contributed by atoms with Gasteiger partial charge in [0, 0.05) is 48.1 Å². The van der Waals surface area contributed by atoms with E-state index in [2.05, 4.69) is 15.1 Å². The molecule has 0 atom stereocenters. The SMILES string of the molecule is CCOC(=O)c1nn(C(C)C)c2c1CN(c1ncc(B(O)O)cn1)CC2. The van der Waals surface area contributed by atoms with Gasteiger partial charge in [0.2, 0.25) is 5.95 Å². The summed E-state index contributed by atoms with van der Waals surface area (Å²) in [5.41, 5.74) is 2.42. The van der Waals surface area contributed by atoms with Gasteiger partial charge in [0.1, 0.15) is 0 Å². The molecule has 0 unspecified atom stereocenters. The number of carbonyl (C=O) groups is 1. The summed E-state index contributed by atoms with van der Waals surface area (Å²) in [5, 5.41) is 22.8. The molecule has 9 nitrogen and oxygen atoms in total. The van der Waals surface area contributed by atoms with Crippen LogP contribution in [0.3, 0.4) is 0 Å². The Kier molecular flexibility index (Phi) is 5.24. The predicted molar refractivity (Wildman–Crippen MR) is 95.2 cm³/mol. The lowest BCUT2D eigenvalue weighted by Gasteiger charge is -2.28. The van der Waals surface area contributed by atoms with Crippen LogP contribution in [0.1, 0.15) is 48.6 Å². The molecule has 1 aliphatic heterocycles. The van der Waals surface area contributed by atoms with Crippen molar-refractivity contribution in [1.29, 1.82) is 0 Å². The highest BCUT2D eigenvalue weighted by atomic mass is 16.5. The number of hydrogen-bond acceptors (Lipinski definition) is 8. The van der Waals surface area contributed by atoms with Crippen molar-refractivity contribution in [3.63, 3.8) is 0 Å². The van der Waals surface area contributed by atoms with E-state index in [0.29, 0.717) is 37.8 Å². The van der Waals surface area contributed by atoms with Crippen molar-refractivity contribution in [3.8, 4) is 0 Å². The largest absolute Gasteiger partial charge is 0.491 e. The quantitative estimate of drug-likeness (QED) is 0.551. The number of hydrogen-bond donors (Lipinski definition) is 2. The molecule has 2 aromatic rings. The third-order valence-electron chi connectivity index (χ3n) is 4.28. The lowest BCUT2D eigenvalue weighted by molar-refractivity contribution is 0.0517. The Morgan fingerprint density at radius 2 is 2.04 bits per heavy atom. The van der Waals surface area contributed by atoms with Crippen LogP contribution in [0, 0.1) is 0 Å². The summed E-state index contributed by atoms with van der Waals surface area (Å²) in [6.07, 6.45) is 3.46. The van der Waals surface area contributed by atoms with Crippen LogP contribution in [0.2, 0.25) is 0 Å². The Balaban J connectivity index is 1.92.